The van der Waals surface area contributed by atoms with E-state index < -0.39 is 23.0 Å². The number of nitrogens with one attached hydrogen (secondary N) is 1. The number of hydrogen-bond acceptors (Lipinski definition) is 7. The van der Waals surface area contributed by atoms with Gasteiger partial charge in [-0.15, -0.1) is 0 Å². The molecule has 0 spiro atoms. The third-order valence-corrected chi connectivity index (χ3v) is 7.04. The average Bonchev–Trinajstić information content (AvgIpc) is 3.12. The summed E-state index contributed by atoms with van der Waals surface area (Å²) in [4.78, 5) is 43.1. The second kappa shape index (κ2) is 10.4. The molecule has 37 heavy (non-hydrogen) atoms. The van der Waals surface area contributed by atoms with Crippen molar-refractivity contribution in [2.75, 3.05) is 5.32 Å². The molecular formula is C25H31Cl2N5O5. The summed E-state index contributed by atoms with van der Waals surface area (Å²) in [7, 11) is 3.31. The van der Waals surface area contributed by atoms with Crippen LogP contribution in [0.25, 0.3) is 11.2 Å². The molecule has 4 rings (SSSR count). The van der Waals surface area contributed by atoms with E-state index in [4.69, 9.17) is 32.7 Å². The summed E-state index contributed by atoms with van der Waals surface area (Å²) in [5.74, 6) is 0.456. The Morgan fingerprint density at radius 1 is 1.14 bits per heavy atom. The van der Waals surface area contributed by atoms with Crippen molar-refractivity contribution in [3.8, 4) is 0 Å². The lowest BCUT2D eigenvalue weighted by atomic mass is 9.93. The minimum atomic E-state index is -0.682. The van der Waals surface area contributed by atoms with Crippen LogP contribution in [-0.2, 0) is 30.1 Å². The molecule has 0 bridgehead atoms. The number of aromatic nitrogens is 4. The first kappa shape index (κ1) is 27.1. The van der Waals surface area contributed by atoms with Gasteiger partial charge in [0.2, 0.25) is 5.95 Å². The zero-order chi connectivity index (χ0) is 27.1. The van der Waals surface area contributed by atoms with Gasteiger partial charge in [0, 0.05) is 26.6 Å². The fraction of sp³-hybridized carbons (Fsp3) is 0.520. The monoisotopic (exact) mass is 551 g/mol. The Labute approximate surface area is 224 Å². The van der Waals surface area contributed by atoms with Crippen molar-refractivity contribution in [1.82, 2.24) is 18.7 Å². The molecule has 2 aromatic heterocycles. The van der Waals surface area contributed by atoms with Crippen LogP contribution in [0.3, 0.4) is 0 Å². The molecule has 1 aromatic carbocycles. The quantitative estimate of drug-likeness (QED) is 0.466. The van der Waals surface area contributed by atoms with Crippen LogP contribution < -0.4 is 16.6 Å². The van der Waals surface area contributed by atoms with Gasteiger partial charge in [0.15, 0.2) is 11.2 Å². The maximum atomic E-state index is 13.4. The van der Waals surface area contributed by atoms with Crippen LogP contribution in [0.1, 0.15) is 52.0 Å². The highest BCUT2D eigenvalue weighted by Crippen LogP contribution is 2.26. The zero-order valence-electron chi connectivity index (χ0n) is 21.5. The van der Waals surface area contributed by atoms with E-state index in [9.17, 15) is 14.4 Å². The minimum absolute atomic E-state index is 0.0350. The first-order chi connectivity index (χ1) is 17.3. The molecule has 0 amide bonds. The maximum absolute atomic E-state index is 13.4. The summed E-state index contributed by atoms with van der Waals surface area (Å²) >= 11 is 12.1. The van der Waals surface area contributed by atoms with E-state index in [0.29, 0.717) is 33.5 Å². The Bertz CT molecular complexity index is 1450. The number of anilines is 1. The maximum Gasteiger partial charge on any atom is 0.509 e. The molecule has 10 nitrogen and oxygen atoms in total. The molecule has 1 fully saturated rings. The SMILES string of the molecule is Cn1c(N[C@@H]2CCC[C@H](OC(=O)OC(C)(C)C)C2)nc2c1c(=O)n(Cc1ccc(Cl)c(Cl)c1)c(=O)n2C. The molecule has 12 heteroatoms. The largest absolute Gasteiger partial charge is 0.509 e. The van der Waals surface area contributed by atoms with Gasteiger partial charge in [0.1, 0.15) is 11.7 Å². The minimum Gasteiger partial charge on any atom is -0.431 e. The van der Waals surface area contributed by atoms with E-state index >= 15 is 0 Å². The van der Waals surface area contributed by atoms with E-state index in [-0.39, 0.29) is 24.3 Å². The van der Waals surface area contributed by atoms with Crippen LogP contribution in [0.2, 0.25) is 10.0 Å². The third-order valence-electron chi connectivity index (χ3n) is 6.30. The second-order valence-electron chi connectivity index (χ2n) is 10.4. The Hall–Kier alpha value is -2.98. The Balaban J connectivity index is 1.58. The van der Waals surface area contributed by atoms with Crippen molar-refractivity contribution in [1.29, 1.82) is 0 Å². The number of nitrogens with zero attached hydrogens (tertiary/aromatic N) is 4. The van der Waals surface area contributed by atoms with E-state index in [1.54, 1.807) is 57.6 Å². The van der Waals surface area contributed by atoms with Gasteiger partial charge in [-0.3, -0.25) is 13.9 Å². The predicted molar refractivity (Wildman–Crippen MR) is 143 cm³/mol. The Morgan fingerprint density at radius 3 is 2.54 bits per heavy atom. The molecule has 2 atom stereocenters. The molecule has 0 unspecified atom stereocenters. The molecule has 200 valence electrons. The zero-order valence-corrected chi connectivity index (χ0v) is 23.0. The van der Waals surface area contributed by atoms with Gasteiger partial charge in [0.05, 0.1) is 16.6 Å². The van der Waals surface area contributed by atoms with Gasteiger partial charge < -0.3 is 19.4 Å². The smallest absolute Gasteiger partial charge is 0.431 e. The average molecular weight is 552 g/mol. The number of imidazole rings is 1. The molecule has 2 heterocycles. The molecule has 1 aliphatic carbocycles. The molecular weight excluding hydrogens is 521 g/mol. The standard InChI is InChI=1S/C25H31Cl2N5O5/c1-25(2,3)37-24(35)36-16-8-6-7-15(12-16)28-22-29-20-19(30(22)4)21(33)32(23(34)31(20)5)13-14-9-10-17(26)18(27)11-14/h9-11,15-16H,6-8,12-13H2,1-5H3,(H,28,29)/t15-,16+/m1/s1. The van der Waals surface area contributed by atoms with Crippen molar-refractivity contribution in [2.24, 2.45) is 14.1 Å². The van der Waals surface area contributed by atoms with Crippen LogP contribution in [0.4, 0.5) is 10.7 Å². The predicted octanol–water partition coefficient (Wildman–Crippen LogP) is 4.46. The number of carbonyl (C=O) groups is 1. The van der Waals surface area contributed by atoms with Crippen molar-refractivity contribution < 1.29 is 14.3 Å². The van der Waals surface area contributed by atoms with Crippen LogP contribution in [0.5, 0.6) is 0 Å². The molecule has 0 aliphatic heterocycles. The summed E-state index contributed by atoms with van der Waals surface area (Å²) in [6.45, 7) is 5.41. The van der Waals surface area contributed by atoms with Crippen molar-refractivity contribution in [2.45, 2.75) is 70.7 Å². The molecule has 0 saturated heterocycles. The van der Waals surface area contributed by atoms with Crippen molar-refractivity contribution >= 4 is 46.5 Å². The molecule has 1 aliphatic rings. The van der Waals surface area contributed by atoms with Crippen LogP contribution in [0.15, 0.2) is 27.8 Å². The van der Waals surface area contributed by atoms with E-state index in [1.807, 2.05) is 0 Å². The fourth-order valence-corrected chi connectivity index (χ4v) is 4.83. The highest BCUT2D eigenvalue weighted by atomic mass is 35.5. The number of hydrogen-bond donors (Lipinski definition) is 1. The number of fused-ring (bicyclic) bond motifs is 1. The Kier molecular flexibility index (Phi) is 7.62. The summed E-state index contributed by atoms with van der Waals surface area (Å²) in [6, 6.07) is 4.95. The van der Waals surface area contributed by atoms with Gasteiger partial charge in [-0.05, 0) is 57.7 Å². The van der Waals surface area contributed by atoms with E-state index in [2.05, 4.69) is 10.3 Å². The second-order valence-corrected chi connectivity index (χ2v) is 11.2. The van der Waals surface area contributed by atoms with Crippen molar-refractivity contribution in [3.05, 3.63) is 54.6 Å². The number of ether oxygens (including phenoxy) is 2. The summed E-state index contributed by atoms with van der Waals surface area (Å²) in [5.41, 5.74) is -0.325. The highest BCUT2D eigenvalue weighted by molar-refractivity contribution is 6.42. The number of benzene rings is 1. The lowest BCUT2D eigenvalue weighted by Crippen LogP contribution is -2.39. The van der Waals surface area contributed by atoms with E-state index in [1.165, 1.54) is 4.57 Å². The van der Waals surface area contributed by atoms with Crippen LogP contribution in [-0.4, -0.2) is 42.6 Å². The highest BCUT2D eigenvalue weighted by Gasteiger charge is 2.28. The van der Waals surface area contributed by atoms with Crippen LogP contribution in [0, 0.1) is 0 Å². The van der Waals surface area contributed by atoms with Gasteiger partial charge in [-0.25, -0.2) is 9.59 Å². The first-order valence-electron chi connectivity index (χ1n) is 12.1. The topological polar surface area (TPSA) is 109 Å². The summed E-state index contributed by atoms with van der Waals surface area (Å²) in [5, 5.41) is 4.11. The van der Waals surface area contributed by atoms with Crippen LogP contribution >= 0.6 is 23.2 Å². The number of carbonyl (C=O) groups excluding carboxylic acids is 1. The van der Waals surface area contributed by atoms with Crippen molar-refractivity contribution in [3.63, 3.8) is 0 Å². The van der Waals surface area contributed by atoms with Gasteiger partial charge in [0.25, 0.3) is 5.56 Å². The fourth-order valence-electron chi connectivity index (χ4n) is 4.51. The molecule has 1 N–H and O–H groups in total. The Morgan fingerprint density at radius 2 is 1.86 bits per heavy atom. The molecule has 3 aromatic rings. The number of halogens is 2. The van der Waals surface area contributed by atoms with Gasteiger partial charge in [-0.1, -0.05) is 29.3 Å². The molecule has 1 saturated carbocycles. The third kappa shape index (κ3) is 5.96. The lowest BCUT2D eigenvalue weighted by Gasteiger charge is -2.30. The van der Waals surface area contributed by atoms with E-state index in [0.717, 1.165) is 23.8 Å². The summed E-state index contributed by atoms with van der Waals surface area (Å²) < 4.78 is 15.0. The first-order valence-corrected chi connectivity index (χ1v) is 12.9. The number of aryl methyl sites for hydroxylation is 2. The normalized spacial score (nSPS) is 18.1. The lowest BCUT2D eigenvalue weighted by molar-refractivity contribution is -0.0343. The van der Waals surface area contributed by atoms with Gasteiger partial charge >= 0.3 is 11.8 Å². The van der Waals surface area contributed by atoms with Gasteiger partial charge in [-0.2, -0.15) is 4.98 Å². The number of rotatable bonds is 5. The molecule has 0 radical (unpaired) electrons. The summed E-state index contributed by atoms with van der Waals surface area (Å²) in [6.07, 6.45) is 2.04.